The molecule has 0 spiro atoms. The molecule has 0 aromatic heterocycles. The summed E-state index contributed by atoms with van der Waals surface area (Å²) in [7, 11) is 0. The van der Waals surface area contributed by atoms with Gasteiger partial charge in [0.05, 0.1) is 0 Å². The second kappa shape index (κ2) is 58.4. The van der Waals surface area contributed by atoms with E-state index in [4.69, 9.17) is 14.2 Å². The van der Waals surface area contributed by atoms with Crippen LogP contribution >= 0.6 is 0 Å². The molecule has 0 aromatic rings. The SMILES string of the molecule is CC/C=C\C/C=C\C/C=C\C/C=C\C/C=C\C/C=C\C/C=C\C/C=C\CCCCCCC(=O)OCC(COC(=O)CCCCCCCC)OC(=O)CCCCCCCCC/C=C\C/C=C\CCCCCC. The molecule has 1 unspecified atom stereocenters. The molecule has 6 nitrogen and oxygen atoms in total. The third-order valence-electron chi connectivity index (χ3n) is 12.0. The predicted octanol–water partition coefficient (Wildman–Crippen LogP) is 19.6. The van der Waals surface area contributed by atoms with Gasteiger partial charge in [-0.05, 0) is 116 Å². The lowest BCUT2D eigenvalue weighted by atomic mass is 10.1. The number of rotatable bonds is 51. The molecule has 0 fully saturated rings. The summed E-state index contributed by atoms with van der Waals surface area (Å²) in [6.45, 7) is 6.41. The van der Waals surface area contributed by atoms with Gasteiger partial charge in [0.15, 0.2) is 6.10 Å². The summed E-state index contributed by atoms with van der Waals surface area (Å²) in [5.41, 5.74) is 0. The van der Waals surface area contributed by atoms with Crippen LogP contribution in [-0.4, -0.2) is 37.2 Å². The number of carbonyl (C=O) groups is 3. The Balaban J connectivity index is 4.23. The fourth-order valence-electron chi connectivity index (χ4n) is 7.60. The number of allylic oxidation sites excluding steroid dienone is 20. The number of esters is 3. The van der Waals surface area contributed by atoms with Crippen LogP contribution in [0, 0.1) is 0 Å². The topological polar surface area (TPSA) is 78.9 Å². The second-order valence-electron chi connectivity index (χ2n) is 18.8. The van der Waals surface area contributed by atoms with Crippen molar-refractivity contribution in [1.29, 1.82) is 0 Å². The zero-order valence-electron chi connectivity index (χ0n) is 45.9. The Bertz CT molecular complexity index is 1500. The first-order valence-electron chi connectivity index (χ1n) is 29.0. The van der Waals surface area contributed by atoms with Gasteiger partial charge >= 0.3 is 17.9 Å². The van der Waals surface area contributed by atoms with Crippen molar-refractivity contribution in [3.63, 3.8) is 0 Å². The molecule has 71 heavy (non-hydrogen) atoms. The summed E-state index contributed by atoms with van der Waals surface area (Å²) >= 11 is 0. The van der Waals surface area contributed by atoms with Gasteiger partial charge in [-0.1, -0.05) is 239 Å². The molecule has 0 radical (unpaired) electrons. The Morgan fingerprint density at radius 2 is 0.549 bits per heavy atom. The molecule has 0 N–H and O–H groups in total. The third-order valence-corrected chi connectivity index (χ3v) is 12.0. The van der Waals surface area contributed by atoms with Crippen molar-refractivity contribution >= 4 is 17.9 Å². The molecule has 0 aliphatic carbocycles. The Kier molecular flexibility index (Phi) is 54.9. The fraction of sp³-hybridized carbons (Fsp3) is 0.646. The highest BCUT2D eigenvalue weighted by atomic mass is 16.6. The zero-order valence-corrected chi connectivity index (χ0v) is 45.9. The van der Waals surface area contributed by atoms with Crippen LogP contribution in [0.25, 0.3) is 0 Å². The van der Waals surface area contributed by atoms with Crippen LogP contribution in [0.15, 0.2) is 122 Å². The molecule has 0 amide bonds. The molecular formula is C65H106O6. The molecule has 0 saturated heterocycles. The number of ether oxygens (including phenoxy) is 3. The van der Waals surface area contributed by atoms with E-state index < -0.39 is 6.10 Å². The lowest BCUT2D eigenvalue weighted by Crippen LogP contribution is -2.30. The largest absolute Gasteiger partial charge is 0.462 e. The third kappa shape index (κ3) is 56.6. The highest BCUT2D eigenvalue weighted by molar-refractivity contribution is 5.71. The maximum atomic E-state index is 12.8. The van der Waals surface area contributed by atoms with E-state index in [-0.39, 0.29) is 31.1 Å². The first-order chi connectivity index (χ1) is 35.0. The minimum absolute atomic E-state index is 0.0918. The molecule has 0 aromatic carbocycles. The van der Waals surface area contributed by atoms with E-state index in [1.54, 1.807) is 0 Å². The summed E-state index contributed by atoms with van der Waals surface area (Å²) in [5.74, 6) is -0.938. The maximum Gasteiger partial charge on any atom is 0.306 e. The normalized spacial score (nSPS) is 13.0. The van der Waals surface area contributed by atoms with Crippen LogP contribution in [0.4, 0.5) is 0 Å². The number of unbranched alkanes of at least 4 members (excludes halogenated alkanes) is 20. The number of carbonyl (C=O) groups excluding carboxylic acids is 3. The molecule has 0 bridgehead atoms. The van der Waals surface area contributed by atoms with Crippen LogP contribution in [-0.2, 0) is 28.6 Å². The molecule has 0 rings (SSSR count). The van der Waals surface area contributed by atoms with Crippen molar-refractivity contribution in [2.24, 2.45) is 0 Å². The Hall–Kier alpha value is -4.19. The Labute approximate surface area is 437 Å². The van der Waals surface area contributed by atoms with Gasteiger partial charge in [0.1, 0.15) is 13.2 Å². The van der Waals surface area contributed by atoms with Gasteiger partial charge in [-0.15, -0.1) is 0 Å². The molecule has 0 heterocycles. The van der Waals surface area contributed by atoms with Crippen molar-refractivity contribution in [2.45, 2.75) is 258 Å². The molecule has 0 aliphatic heterocycles. The van der Waals surface area contributed by atoms with E-state index >= 15 is 0 Å². The van der Waals surface area contributed by atoms with Gasteiger partial charge in [-0.3, -0.25) is 14.4 Å². The molecule has 1 atom stereocenters. The van der Waals surface area contributed by atoms with Crippen molar-refractivity contribution in [3.8, 4) is 0 Å². The smallest absolute Gasteiger partial charge is 0.306 e. The van der Waals surface area contributed by atoms with Crippen molar-refractivity contribution in [1.82, 2.24) is 0 Å². The average Bonchev–Trinajstić information content (AvgIpc) is 3.37. The predicted molar refractivity (Wildman–Crippen MR) is 306 cm³/mol. The highest BCUT2D eigenvalue weighted by Gasteiger charge is 2.19. The van der Waals surface area contributed by atoms with Crippen molar-refractivity contribution in [3.05, 3.63) is 122 Å². The van der Waals surface area contributed by atoms with E-state index in [0.717, 1.165) is 135 Å². The van der Waals surface area contributed by atoms with E-state index in [1.165, 1.54) is 77.0 Å². The van der Waals surface area contributed by atoms with Gasteiger partial charge in [0, 0.05) is 19.3 Å². The second-order valence-corrected chi connectivity index (χ2v) is 18.8. The highest BCUT2D eigenvalue weighted by Crippen LogP contribution is 2.14. The van der Waals surface area contributed by atoms with Gasteiger partial charge in [0.2, 0.25) is 0 Å². The maximum absolute atomic E-state index is 12.8. The quantitative estimate of drug-likeness (QED) is 0.0261. The number of hydrogen-bond acceptors (Lipinski definition) is 6. The van der Waals surface area contributed by atoms with Crippen LogP contribution < -0.4 is 0 Å². The van der Waals surface area contributed by atoms with E-state index in [0.29, 0.717) is 19.3 Å². The molecule has 6 heteroatoms. The van der Waals surface area contributed by atoms with Crippen molar-refractivity contribution in [2.75, 3.05) is 13.2 Å². The lowest BCUT2D eigenvalue weighted by molar-refractivity contribution is -0.167. The summed E-state index contributed by atoms with van der Waals surface area (Å²) in [6, 6.07) is 0. The standard InChI is InChI=1S/C65H106O6/c1-4-7-10-13-16-18-20-22-24-26-28-29-30-31-32-33-34-35-36-37-38-40-41-43-45-47-49-52-55-58-64(67)70-61-62(60-69-63(66)57-54-51-15-12-9-6-3)71-65(68)59-56-53-50-48-46-44-42-39-27-25-23-21-19-17-14-11-8-5-2/h7,10,16,18-19,21-22,24-25,27-29,31-32,34-35,37-38,41,43,62H,4-6,8-9,11-15,17,20,23,26,30,33,36,39-40,42,44-61H2,1-3H3/b10-7-,18-16-,21-19-,24-22-,27-25-,29-28-,32-31-,35-34-,38-37-,43-41-. The van der Waals surface area contributed by atoms with Crippen molar-refractivity contribution < 1.29 is 28.6 Å². The first kappa shape index (κ1) is 66.8. The summed E-state index contributed by atoms with van der Waals surface area (Å²) < 4.78 is 16.7. The zero-order chi connectivity index (χ0) is 51.4. The number of hydrogen-bond donors (Lipinski definition) is 0. The van der Waals surface area contributed by atoms with Crippen LogP contribution in [0.2, 0.25) is 0 Å². The first-order valence-corrected chi connectivity index (χ1v) is 29.0. The minimum Gasteiger partial charge on any atom is -0.462 e. The summed E-state index contributed by atoms with van der Waals surface area (Å²) in [5, 5.41) is 0. The minimum atomic E-state index is -0.793. The monoisotopic (exact) mass is 983 g/mol. The Morgan fingerprint density at radius 3 is 0.873 bits per heavy atom. The average molecular weight is 984 g/mol. The van der Waals surface area contributed by atoms with Crippen LogP contribution in [0.5, 0.6) is 0 Å². The molecular weight excluding hydrogens is 877 g/mol. The van der Waals surface area contributed by atoms with Gasteiger partial charge in [-0.2, -0.15) is 0 Å². The van der Waals surface area contributed by atoms with Crippen LogP contribution in [0.1, 0.15) is 252 Å². The van der Waals surface area contributed by atoms with Gasteiger partial charge in [0.25, 0.3) is 0 Å². The van der Waals surface area contributed by atoms with Gasteiger partial charge < -0.3 is 14.2 Å². The van der Waals surface area contributed by atoms with E-state index in [1.807, 2.05) is 0 Å². The Morgan fingerprint density at radius 1 is 0.296 bits per heavy atom. The van der Waals surface area contributed by atoms with Gasteiger partial charge in [-0.25, -0.2) is 0 Å². The van der Waals surface area contributed by atoms with E-state index in [9.17, 15) is 14.4 Å². The molecule has 0 aliphatic rings. The fourth-order valence-corrected chi connectivity index (χ4v) is 7.60. The summed E-state index contributed by atoms with van der Waals surface area (Å²) in [4.78, 5) is 37.9. The molecule has 0 saturated carbocycles. The molecule has 402 valence electrons. The summed E-state index contributed by atoms with van der Waals surface area (Å²) in [6.07, 6.45) is 80.8. The van der Waals surface area contributed by atoms with Crippen LogP contribution in [0.3, 0.4) is 0 Å². The van der Waals surface area contributed by atoms with E-state index in [2.05, 4.69) is 142 Å². The lowest BCUT2D eigenvalue weighted by Gasteiger charge is -2.18.